The van der Waals surface area contributed by atoms with Gasteiger partial charge in [-0.05, 0) is 42.5 Å². The van der Waals surface area contributed by atoms with Crippen LogP contribution in [-0.4, -0.2) is 39.8 Å². The van der Waals surface area contributed by atoms with Crippen molar-refractivity contribution in [2.45, 2.75) is 53.2 Å². The standard InChI is InChI=1S/C19H32N2O4S/c1-8-17(19(22)20-18(13(2)3)14(4)5)25-16-11-9-15(10-12-16)21(6)26(7,23)24/h9-14,17-18H,8H2,1-7H3,(H,20,22)/t17-/m1/s1. The molecule has 1 amide bonds. The van der Waals surface area contributed by atoms with Crippen molar-refractivity contribution in [2.75, 3.05) is 17.6 Å². The van der Waals surface area contributed by atoms with Gasteiger partial charge in [0.2, 0.25) is 10.0 Å². The number of rotatable bonds is 9. The van der Waals surface area contributed by atoms with E-state index in [4.69, 9.17) is 4.74 Å². The number of ether oxygens (including phenoxy) is 1. The van der Waals surface area contributed by atoms with Gasteiger partial charge in [-0.3, -0.25) is 9.10 Å². The zero-order valence-corrected chi connectivity index (χ0v) is 17.6. The fourth-order valence-corrected chi connectivity index (χ4v) is 3.28. The Balaban J connectivity index is 2.83. The Hall–Kier alpha value is -1.76. The molecule has 0 spiro atoms. The van der Waals surface area contributed by atoms with E-state index in [1.165, 1.54) is 11.4 Å². The first-order valence-electron chi connectivity index (χ1n) is 8.98. The molecule has 1 aromatic rings. The lowest BCUT2D eigenvalue weighted by Gasteiger charge is -2.28. The van der Waals surface area contributed by atoms with Crippen LogP contribution in [0.3, 0.4) is 0 Å². The highest BCUT2D eigenvalue weighted by atomic mass is 32.2. The number of sulfonamides is 1. The molecule has 1 atom stereocenters. The summed E-state index contributed by atoms with van der Waals surface area (Å²) >= 11 is 0. The van der Waals surface area contributed by atoms with Crippen molar-refractivity contribution in [1.82, 2.24) is 5.32 Å². The third-order valence-corrected chi connectivity index (χ3v) is 5.59. The number of nitrogens with zero attached hydrogens (tertiary/aromatic N) is 1. The van der Waals surface area contributed by atoms with Gasteiger partial charge in [0.15, 0.2) is 6.10 Å². The van der Waals surface area contributed by atoms with Crippen LogP contribution in [0, 0.1) is 11.8 Å². The molecule has 0 heterocycles. The van der Waals surface area contributed by atoms with E-state index in [0.29, 0.717) is 29.7 Å². The number of hydrogen-bond acceptors (Lipinski definition) is 4. The van der Waals surface area contributed by atoms with Gasteiger partial charge in [0.05, 0.1) is 11.9 Å². The molecule has 1 aromatic carbocycles. The summed E-state index contributed by atoms with van der Waals surface area (Å²) in [6.45, 7) is 10.2. The fourth-order valence-electron chi connectivity index (χ4n) is 2.77. The molecule has 0 aliphatic heterocycles. The number of hydrogen-bond donors (Lipinski definition) is 1. The molecule has 0 bridgehead atoms. The molecule has 0 saturated heterocycles. The van der Waals surface area contributed by atoms with E-state index in [1.54, 1.807) is 24.3 Å². The maximum Gasteiger partial charge on any atom is 0.261 e. The first kappa shape index (κ1) is 22.3. The summed E-state index contributed by atoms with van der Waals surface area (Å²) in [7, 11) is -1.82. The molecule has 0 aliphatic rings. The second-order valence-corrected chi connectivity index (χ2v) is 9.28. The van der Waals surface area contributed by atoms with Crippen LogP contribution in [0.15, 0.2) is 24.3 Å². The van der Waals surface area contributed by atoms with Crippen molar-refractivity contribution < 1.29 is 17.9 Å². The fraction of sp³-hybridized carbons (Fsp3) is 0.632. The van der Waals surface area contributed by atoms with Crippen LogP contribution in [0.25, 0.3) is 0 Å². The van der Waals surface area contributed by atoms with E-state index in [-0.39, 0.29) is 11.9 Å². The lowest BCUT2D eigenvalue weighted by atomic mass is 9.93. The Kier molecular flexibility index (Phi) is 7.93. The summed E-state index contributed by atoms with van der Waals surface area (Å²) in [6, 6.07) is 6.76. The van der Waals surface area contributed by atoms with E-state index < -0.39 is 16.1 Å². The van der Waals surface area contributed by atoms with Crippen molar-refractivity contribution in [3.05, 3.63) is 24.3 Å². The minimum atomic E-state index is -3.31. The van der Waals surface area contributed by atoms with Crippen LogP contribution in [0.1, 0.15) is 41.0 Å². The highest BCUT2D eigenvalue weighted by molar-refractivity contribution is 7.92. The highest BCUT2D eigenvalue weighted by Gasteiger charge is 2.25. The maximum atomic E-state index is 12.6. The SMILES string of the molecule is CC[C@@H](Oc1ccc(N(C)S(C)(=O)=O)cc1)C(=O)NC(C(C)C)C(C)C. The summed E-state index contributed by atoms with van der Waals surface area (Å²) in [6.07, 6.45) is 1.10. The monoisotopic (exact) mass is 384 g/mol. The smallest absolute Gasteiger partial charge is 0.261 e. The number of benzene rings is 1. The van der Waals surface area contributed by atoms with Gasteiger partial charge < -0.3 is 10.1 Å². The van der Waals surface area contributed by atoms with Gasteiger partial charge in [-0.15, -0.1) is 0 Å². The molecule has 148 valence electrons. The van der Waals surface area contributed by atoms with E-state index >= 15 is 0 Å². The molecule has 0 aromatic heterocycles. The highest BCUT2D eigenvalue weighted by Crippen LogP contribution is 2.22. The maximum absolute atomic E-state index is 12.6. The van der Waals surface area contributed by atoms with Crippen LogP contribution in [-0.2, 0) is 14.8 Å². The van der Waals surface area contributed by atoms with Gasteiger partial charge in [-0.1, -0.05) is 34.6 Å². The molecule has 0 fully saturated rings. The number of nitrogens with one attached hydrogen (secondary N) is 1. The van der Waals surface area contributed by atoms with Crippen LogP contribution >= 0.6 is 0 Å². The average Bonchev–Trinajstić information content (AvgIpc) is 2.55. The molecule has 0 saturated carbocycles. The van der Waals surface area contributed by atoms with Gasteiger partial charge in [-0.2, -0.15) is 0 Å². The molecule has 1 rings (SSSR count). The van der Waals surface area contributed by atoms with Gasteiger partial charge in [0.1, 0.15) is 5.75 Å². The third-order valence-electron chi connectivity index (χ3n) is 4.38. The summed E-state index contributed by atoms with van der Waals surface area (Å²) in [5, 5.41) is 3.09. The lowest BCUT2D eigenvalue weighted by molar-refractivity contribution is -0.129. The second-order valence-electron chi connectivity index (χ2n) is 7.26. The van der Waals surface area contributed by atoms with E-state index in [0.717, 1.165) is 6.26 Å². The summed E-state index contributed by atoms with van der Waals surface area (Å²) in [4.78, 5) is 12.6. The Labute approximate surface area is 158 Å². The molecule has 6 nitrogen and oxygen atoms in total. The van der Waals surface area contributed by atoms with Gasteiger partial charge in [-0.25, -0.2) is 8.42 Å². The number of carbonyl (C=O) groups is 1. The van der Waals surface area contributed by atoms with Gasteiger partial charge >= 0.3 is 0 Å². The first-order chi connectivity index (χ1) is 12.0. The molecule has 0 unspecified atom stereocenters. The zero-order valence-electron chi connectivity index (χ0n) is 16.8. The minimum absolute atomic E-state index is 0.0888. The summed E-state index contributed by atoms with van der Waals surface area (Å²) in [5.41, 5.74) is 0.539. The molecular weight excluding hydrogens is 352 g/mol. The van der Waals surface area contributed by atoms with Crippen LogP contribution in [0.2, 0.25) is 0 Å². The van der Waals surface area contributed by atoms with Crippen LogP contribution < -0.4 is 14.4 Å². The molecule has 1 N–H and O–H groups in total. The molecule has 7 heteroatoms. The van der Waals surface area contributed by atoms with Crippen LogP contribution in [0.5, 0.6) is 5.75 Å². The van der Waals surface area contributed by atoms with Crippen molar-refractivity contribution >= 4 is 21.6 Å². The molecular formula is C19H32N2O4S. The molecule has 0 aliphatic carbocycles. The Bertz CT molecular complexity index is 676. The van der Waals surface area contributed by atoms with Crippen molar-refractivity contribution in [3.63, 3.8) is 0 Å². The van der Waals surface area contributed by atoms with Gasteiger partial charge in [0.25, 0.3) is 5.91 Å². The quantitative estimate of drug-likeness (QED) is 0.710. The zero-order chi connectivity index (χ0) is 20.1. The number of amides is 1. The minimum Gasteiger partial charge on any atom is -0.481 e. The third kappa shape index (κ3) is 6.20. The number of anilines is 1. The first-order valence-corrected chi connectivity index (χ1v) is 10.8. The Morgan fingerprint density at radius 3 is 2.00 bits per heavy atom. The summed E-state index contributed by atoms with van der Waals surface area (Å²) in [5.74, 6) is 1.07. The predicted molar refractivity (Wildman–Crippen MR) is 106 cm³/mol. The molecule has 0 radical (unpaired) electrons. The summed E-state index contributed by atoms with van der Waals surface area (Å²) < 4.78 is 30.2. The topological polar surface area (TPSA) is 75.7 Å². The van der Waals surface area contributed by atoms with Gasteiger partial charge in [0, 0.05) is 13.1 Å². The van der Waals surface area contributed by atoms with Crippen molar-refractivity contribution in [2.24, 2.45) is 11.8 Å². The predicted octanol–water partition coefficient (Wildman–Crippen LogP) is 3.04. The van der Waals surface area contributed by atoms with E-state index in [1.807, 2.05) is 6.92 Å². The Morgan fingerprint density at radius 2 is 1.62 bits per heavy atom. The second kappa shape index (κ2) is 9.26. The van der Waals surface area contributed by atoms with E-state index in [9.17, 15) is 13.2 Å². The number of carbonyl (C=O) groups excluding carboxylic acids is 1. The average molecular weight is 385 g/mol. The van der Waals surface area contributed by atoms with Crippen molar-refractivity contribution in [1.29, 1.82) is 0 Å². The van der Waals surface area contributed by atoms with E-state index in [2.05, 4.69) is 33.0 Å². The Morgan fingerprint density at radius 1 is 1.12 bits per heavy atom. The largest absolute Gasteiger partial charge is 0.481 e. The molecule has 26 heavy (non-hydrogen) atoms. The van der Waals surface area contributed by atoms with Crippen LogP contribution in [0.4, 0.5) is 5.69 Å². The lowest BCUT2D eigenvalue weighted by Crippen LogP contribution is -2.48. The normalized spacial score (nSPS) is 13.2. The van der Waals surface area contributed by atoms with Crippen molar-refractivity contribution in [3.8, 4) is 5.75 Å².